The molecule has 0 spiro atoms. The summed E-state index contributed by atoms with van der Waals surface area (Å²) in [7, 11) is 0. The van der Waals surface area contributed by atoms with Crippen molar-refractivity contribution in [2.75, 3.05) is 6.61 Å². The summed E-state index contributed by atoms with van der Waals surface area (Å²) in [5.74, 6) is -5.20. The third-order valence-electron chi connectivity index (χ3n) is 2.31. The van der Waals surface area contributed by atoms with E-state index in [-0.39, 0.29) is 12.5 Å². The molecule has 0 N–H and O–H groups in total. The fourth-order valence-electron chi connectivity index (χ4n) is 1.40. The summed E-state index contributed by atoms with van der Waals surface area (Å²) in [6.07, 6.45) is 4.78. The van der Waals surface area contributed by atoms with E-state index in [0.29, 0.717) is 10.9 Å². The van der Waals surface area contributed by atoms with E-state index < -0.39 is 17.6 Å². The molecule has 0 bridgehead atoms. The highest BCUT2D eigenvalue weighted by atomic mass is 79.9. The van der Waals surface area contributed by atoms with Gasteiger partial charge in [0.25, 0.3) is 0 Å². The summed E-state index contributed by atoms with van der Waals surface area (Å²) >= 11 is 3.20. The maximum absolute atomic E-state index is 13.8. The highest BCUT2D eigenvalue weighted by Gasteiger charge is 2.45. The van der Waals surface area contributed by atoms with Crippen LogP contribution in [0.15, 0.2) is 27.3 Å². The van der Waals surface area contributed by atoms with E-state index in [0.717, 1.165) is 0 Å². The summed E-state index contributed by atoms with van der Waals surface area (Å²) in [5.41, 5.74) is -0.571. The number of alkyl halides is 2. The van der Waals surface area contributed by atoms with Gasteiger partial charge in [-0.15, -0.1) is 0 Å². The van der Waals surface area contributed by atoms with Crippen LogP contribution in [0.25, 0.3) is 0 Å². The van der Waals surface area contributed by atoms with Crippen molar-refractivity contribution in [2.45, 2.75) is 26.2 Å². The fraction of sp³-hybridized carbons (Fsp3) is 0.500. The van der Waals surface area contributed by atoms with Crippen LogP contribution in [0.3, 0.4) is 0 Å². The van der Waals surface area contributed by atoms with Crippen molar-refractivity contribution in [3.8, 4) is 0 Å². The summed E-state index contributed by atoms with van der Waals surface area (Å²) < 4.78 is 32.5. The van der Waals surface area contributed by atoms with E-state index in [1.807, 2.05) is 13.0 Å². The predicted octanol–water partition coefficient (Wildman–Crippen LogP) is 3.46. The molecular formula is C12H14BrF2NO2. The van der Waals surface area contributed by atoms with Crippen LogP contribution in [-0.4, -0.2) is 24.7 Å². The number of esters is 1. The molecule has 6 heteroatoms. The van der Waals surface area contributed by atoms with Gasteiger partial charge in [-0.25, -0.2) is 4.79 Å². The molecule has 3 nitrogen and oxygen atoms in total. The zero-order valence-corrected chi connectivity index (χ0v) is 11.7. The number of hydrogen-bond donors (Lipinski definition) is 0. The summed E-state index contributed by atoms with van der Waals surface area (Å²) in [4.78, 5) is 14.9. The number of carbonyl (C=O) groups excluding carboxylic acids is 1. The van der Waals surface area contributed by atoms with Gasteiger partial charge in [-0.1, -0.05) is 19.1 Å². The molecule has 1 aliphatic rings. The van der Waals surface area contributed by atoms with Crippen molar-refractivity contribution >= 4 is 28.1 Å². The van der Waals surface area contributed by atoms with Crippen LogP contribution in [0.4, 0.5) is 8.78 Å². The Labute approximate surface area is 113 Å². The SMILES string of the molecule is CCOC(=O)C(F)(F)C1=CCC(C)C=C(Br)C=N1. The van der Waals surface area contributed by atoms with Crippen molar-refractivity contribution in [1.82, 2.24) is 0 Å². The highest BCUT2D eigenvalue weighted by molar-refractivity contribution is 9.12. The van der Waals surface area contributed by atoms with Crippen LogP contribution < -0.4 is 0 Å². The lowest BCUT2D eigenvalue weighted by Crippen LogP contribution is -2.32. The molecule has 0 aromatic carbocycles. The topological polar surface area (TPSA) is 38.7 Å². The van der Waals surface area contributed by atoms with Crippen LogP contribution in [0, 0.1) is 5.92 Å². The minimum absolute atomic E-state index is 0.0825. The molecule has 0 saturated heterocycles. The Kier molecular flexibility index (Phi) is 5.19. The lowest BCUT2D eigenvalue weighted by molar-refractivity contribution is -0.166. The first-order valence-corrected chi connectivity index (χ1v) is 6.34. The molecule has 1 aliphatic heterocycles. The van der Waals surface area contributed by atoms with Gasteiger partial charge < -0.3 is 4.74 Å². The van der Waals surface area contributed by atoms with Crippen molar-refractivity contribution in [3.05, 3.63) is 22.3 Å². The standard InChI is InChI=1S/C12H14BrF2NO2/c1-3-18-11(17)12(14,15)10-5-4-8(2)6-9(13)7-16-10/h5-8H,3-4H2,1-2H3. The van der Waals surface area contributed by atoms with Gasteiger partial charge >= 0.3 is 11.9 Å². The number of rotatable bonds is 3. The first kappa shape index (κ1) is 15.0. The second-order valence-electron chi connectivity index (χ2n) is 3.91. The Morgan fingerprint density at radius 1 is 1.67 bits per heavy atom. The molecule has 1 rings (SSSR count). The van der Waals surface area contributed by atoms with Gasteiger partial charge in [-0.3, -0.25) is 4.99 Å². The zero-order chi connectivity index (χ0) is 13.8. The van der Waals surface area contributed by atoms with Gasteiger partial charge in [0.2, 0.25) is 0 Å². The predicted molar refractivity (Wildman–Crippen MR) is 68.9 cm³/mol. The number of halogens is 3. The second-order valence-corrected chi connectivity index (χ2v) is 4.82. The van der Waals surface area contributed by atoms with Gasteiger partial charge in [0, 0.05) is 10.7 Å². The molecule has 0 amide bonds. The average molecular weight is 322 g/mol. The molecule has 1 atom stereocenters. The smallest absolute Gasteiger partial charge is 0.384 e. The molecule has 100 valence electrons. The maximum atomic E-state index is 13.8. The van der Waals surface area contributed by atoms with Gasteiger partial charge in [-0.05, 0) is 35.2 Å². The van der Waals surface area contributed by atoms with Crippen LogP contribution in [0.2, 0.25) is 0 Å². The first-order chi connectivity index (χ1) is 8.37. The number of hydrogen-bond acceptors (Lipinski definition) is 3. The molecule has 0 aromatic rings. The van der Waals surface area contributed by atoms with E-state index in [1.165, 1.54) is 19.2 Å². The quantitative estimate of drug-likeness (QED) is 0.747. The van der Waals surface area contributed by atoms with Crippen molar-refractivity contribution in [3.63, 3.8) is 0 Å². The zero-order valence-electron chi connectivity index (χ0n) is 10.1. The Morgan fingerprint density at radius 3 is 2.94 bits per heavy atom. The normalized spacial score (nSPS) is 20.6. The lowest BCUT2D eigenvalue weighted by atomic mass is 10.0. The second kappa shape index (κ2) is 6.22. The Balaban J connectivity index is 3.00. The monoisotopic (exact) mass is 321 g/mol. The van der Waals surface area contributed by atoms with E-state index in [1.54, 1.807) is 0 Å². The van der Waals surface area contributed by atoms with Crippen LogP contribution >= 0.6 is 15.9 Å². The molecule has 0 radical (unpaired) electrons. The van der Waals surface area contributed by atoms with Gasteiger partial charge in [0.15, 0.2) is 0 Å². The molecule has 0 aliphatic carbocycles. The van der Waals surface area contributed by atoms with E-state index in [4.69, 9.17) is 0 Å². The number of carbonyl (C=O) groups is 1. The fourth-order valence-corrected chi connectivity index (χ4v) is 1.95. The number of aliphatic imine (C=N–C) groups is 1. The number of ether oxygens (including phenoxy) is 1. The summed E-state index contributed by atoms with van der Waals surface area (Å²) in [6, 6.07) is 0. The molecular weight excluding hydrogens is 308 g/mol. The number of allylic oxidation sites excluding steroid dienone is 3. The molecule has 0 saturated carbocycles. The molecule has 0 aromatic heterocycles. The molecule has 18 heavy (non-hydrogen) atoms. The first-order valence-electron chi connectivity index (χ1n) is 5.55. The molecule has 1 heterocycles. The maximum Gasteiger partial charge on any atom is 0.384 e. The Bertz CT molecular complexity index is 416. The van der Waals surface area contributed by atoms with E-state index in [2.05, 4.69) is 25.7 Å². The third kappa shape index (κ3) is 3.73. The highest BCUT2D eigenvalue weighted by Crippen LogP contribution is 2.29. The van der Waals surface area contributed by atoms with E-state index in [9.17, 15) is 13.6 Å². The molecule has 1 unspecified atom stereocenters. The Morgan fingerprint density at radius 2 is 2.33 bits per heavy atom. The number of nitrogens with zero attached hydrogens (tertiary/aromatic N) is 1. The minimum Gasteiger partial charge on any atom is -0.461 e. The van der Waals surface area contributed by atoms with Crippen LogP contribution in [-0.2, 0) is 9.53 Å². The third-order valence-corrected chi connectivity index (χ3v) is 2.78. The summed E-state index contributed by atoms with van der Waals surface area (Å²) in [6.45, 7) is 3.27. The summed E-state index contributed by atoms with van der Waals surface area (Å²) in [5, 5.41) is 0. The average Bonchev–Trinajstić information content (AvgIpc) is 2.26. The van der Waals surface area contributed by atoms with Crippen molar-refractivity contribution in [2.24, 2.45) is 10.9 Å². The van der Waals surface area contributed by atoms with Gasteiger partial charge in [0.05, 0.1) is 6.61 Å². The van der Waals surface area contributed by atoms with Gasteiger partial charge in [0.1, 0.15) is 5.70 Å². The largest absolute Gasteiger partial charge is 0.461 e. The Hall–Kier alpha value is -1.04. The van der Waals surface area contributed by atoms with E-state index >= 15 is 0 Å². The van der Waals surface area contributed by atoms with Crippen molar-refractivity contribution in [1.29, 1.82) is 0 Å². The van der Waals surface area contributed by atoms with Crippen molar-refractivity contribution < 1.29 is 18.3 Å². The molecule has 0 fully saturated rings. The minimum atomic E-state index is -3.71. The van der Waals surface area contributed by atoms with Crippen LogP contribution in [0.5, 0.6) is 0 Å². The lowest BCUT2D eigenvalue weighted by Gasteiger charge is -2.16. The van der Waals surface area contributed by atoms with Gasteiger partial charge in [-0.2, -0.15) is 8.78 Å². The van der Waals surface area contributed by atoms with Crippen LogP contribution in [0.1, 0.15) is 20.3 Å².